The Bertz CT molecular complexity index is 1340. The van der Waals surface area contributed by atoms with Crippen LogP contribution in [0.1, 0.15) is 33.2 Å². The van der Waals surface area contributed by atoms with Gasteiger partial charge < -0.3 is 19.7 Å². The average molecular weight is 534 g/mol. The molecule has 196 valence electrons. The quantitative estimate of drug-likeness (QED) is 0.491. The van der Waals surface area contributed by atoms with Gasteiger partial charge in [0.1, 0.15) is 0 Å². The molecule has 3 amide bonds. The van der Waals surface area contributed by atoms with E-state index in [9.17, 15) is 14.4 Å². The fraction of sp³-hybridized carbons (Fsp3) is 0.276. The summed E-state index contributed by atoms with van der Waals surface area (Å²) < 4.78 is 11.2. The van der Waals surface area contributed by atoms with Gasteiger partial charge >= 0.3 is 6.09 Å². The molecule has 0 aliphatic carbocycles. The second-order valence-corrected chi connectivity index (χ2v) is 9.83. The highest BCUT2D eigenvalue weighted by molar-refractivity contribution is 6.30. The first-order valence-electron chi connectivity index (χ1n) is 12.5. The summed E-state index contributed by atoms with van der Waals surface area (Å²) in [6.45, 7) is 3.88. The summed E-state index contributed by atoms with van der Waals surface area (Å²) in [5.41, 5.74) is 3.52. The largest absolute Gasteiger partial charge is 0.438 e. The van der Waals surface area contributed by atoms with Crippen LogP contribution in [0, 0.1) is 6.92 Å². The lowest BCUT2D eigenvalue weighted by molar-refractivity contribution is -0.141. The van der Waals surface area contributed by atoms with Crippen molar-refractivity contribution < 1.29 is 23.9 Å². The first kappa shape index (κ1) is 25.8. The summed E-state index contributed by atoms with van der Waals surface area (Å²) in [4.78, 5) is 42.8. The maximum Gasteiger partial charge on any atom is 0.411 e. The molecule has 0 radical (unpaired) electrons. The van der Waals surface area contributed by atoms with Gasteiger partial charge in [-0.3, -0.25) is 14.5 Å². The van der Waals surface area contributed by atoms with E-state index >= 15 is 0 Å². The number of carbonyl (C=O) groups excluding carboxylic acids is 3. The number of nitrogens with one attached hydrogen (secondary N) is 1. The minimum absolute atomic E-state index is 0.167. The molecule has 3 aromatic carbocycles. The number of rotatable bonds is 6. The van der Waals surface area contributed by atoms with Gasteiger partial charge in [-0.15, -0.1) is 0 Å². The van der Waals surface area contributed by atoms with Gasteiger partial charge in [-0.1, -0.05) is 53.6 Å². The van der Waals surface area contributed by atoms with Crippen molar-refractivity contribution in [1.82, 2.24) is 9.80 Å². The number of amides is 3. The van der Waals surface area contributed by atoms with Gasteiger partial charge in [0.15, 0.2) is 12.1 Å². The van der Waals surface area contributed by atoms with Crippen LogP contribution in [0.4, 0.5) is 10.5 Å². The van der Waals surface area contributed by atoms with E-state index in [0.717, 1.165) is 11.1 Å². The minimum atomic E-state index is -0.886. The lowest BCUT2D eigenvalue weighted by atomic mass is 9.99. The van der Waals surface area contributed by atoms with Crippen LogP contribution in [0.2, 0.25) is 5.02 Å². The standard InChI is InChI=1S/C29H28ClN3O5/c1-19-8-10-21(11-9-19)27(34)31-24-7-3-5-22(17-24)26-25(28(35)32-12-14-37-15-13-32)33(29(36)38-26)18-20-4-2-6-23(30)16-20/h2-11,16-17,25-26H,12-15,18H2,1H3,(H,31,34). The van der Waals surface area contributed by atoms with Crippen molar-refractivity contribution in [2.75, 3.05) is 31.6 Å². The molecule has 1 N–H and O–H groups in total. The summed E-state index contributed by atoms with van der Waals surface area (Å²) >= 11 is 6.16. The van der Waals surface area contributed by atoms with Gasteiger partial charge in [-0.2, -0.15) is 0 Å². The lowest BCUT2D eigenvalue weighted by Crippen LogP contribution is -2.51. The lowest BCUT2D eigenvalue weighted by Gasteiger charge is -2.33. The van der Waals surface area contributed by atoms with Crippen molar-refractivity contribution in [2.45, 2.75) is 25.6 Å². The number of halogens is 1. The highest BCUT2D eigenvalue weighted by Gasteiger charge is 2.48. The van der Waals surface area contributed by atoms with E-state index in [1.54, 1.807) is 59.5 Å². The third kappa shape index (κ3) is 5.66. The molecule has 8 nitrogen and oxygen atoms in total. The van der Waals surface area contributed by atoms with Crippen molar-refractivity contribution in [3.63, 3.8) is 0 Å². The van der Waals surface area contributed by atoms with E-state index in [-0.39, 0.29) is 18.4 Å². The fourth-order valence-corrected chi connectivity index (χ4v) is 4.91. The molecule has 9 heteroatoms. The summed E-state index contributed by atoms with van der Waals surface area (Å²) in [6.07, 6.45) is -1.44. The van der Waals surface area contributed by atoms with Gasteiger partial charge in [0.05, 0.1) is 19.8 Å². The smallest absolute Gasteiger partial charge is 0.411 e. The molecule has 0 bridgehead atoms. The number of hydrogen-bond donors (Lipinski definition) is 1. The van der Waals surface area contributed by atoms with Crippen molar-refractivity contribution in [3.05, 3.63) is 100 Å². The molecule has 0 spiro atoms. The summed E-state index contributed by atoms with van der Waals surface area (Å²) in [5, 5.41) is 3.44. The number of carbonyl (C=O) groups is 3. The Labute approximate surface area is 226 Å². The number of nitrogens with zero attached hydrogens (tertiary/aromatic N) is 2. The van der Waals surface area contributed by atoms with E-state index < -0.39 is 18.2 Å². The molecule has 38 heavy (non-hydrogen) atoms. The van der Waals surface area contributed by atoms with E-state index in [2.05, 4.69) is 5.32 Å². The second kappa shape index (κ2) is 11.2. The van der Waals surface area contributed by atoms with Crippen LogP contribution >= 0.6 is 11.6 Å². The summed E-state index contributed by atoms with van der Waals surface area (Å²) in [7, 11) is 0. The molecule has 2 unspecified atom stereocenters. The molecule has 5 rings (SSSR count). The molecule has 2 saturated heterocycles. The highest BCUT2D eigenvalue weighted by atomic mass is 35.5. The van der Waals surface area contributed by atoms with E-state index in [1.165, 1.54) is 4.90 Å². The van der Waals surface area contributed by atoms with Gasteiger partial charge in [-0.25, -0.2) is 4.79 Å². The Morgan fingerprint density at radius 1 is 1.00 bits per heavy atom. The predicted molar refractivity (Wildman–Crippen MR) is 143 cm³/mol. The zero-order valence-corrected chi connectivity index (χ0v) is 21.7. The third-order valence-corrected chi connectivity index (χ3v) is 6.92. The number of morpholine rings is 1. The molecule has 2 heterocycles. The number of ether oxygens (including phenoxy) is 2. The van der Waals surface area contributed by atoms with Crippen LogP contribution in [0.15, 0.2) is 72.8 Å². The Morgan fingerprint density at radius 2 is 1.74 bits per heavy atom. The van der Waals surface area contributed by atoms with Crippen LogP contribution in [-0.2, 0) is 20.8 Å². The zero-order chi connectivity index (χ0) is 26.6. The van der Waals surface area contributed by atoms with E-state index in [0.29, 0.717) is 48.1 Å². The zero-order valence-electron chi connectivity index (χ0n) is 20.9. The van der Waals surface area contributed by atoms with Crippen LogP contribution < -0.4 is 5.32 Å². The van der Waals surface area contributed by atoms with Gasteiger partial charge in [0.25, 0.3) is 5.91 Å². The third-order valence-electron chi connectivity index (χ3n) is 6.69. The average Bonchev–Trinajstić information content (AvgIpc) is 3.25. The maximum absolute atomic E-state index is 13.8. The van der Waals surface area contributed by atoms with Crippen LogP contribution in [0.25, 0.3) is 0 Å². The molecule has 2 atom stereocenters. The molecular formula is C29H28ClN3O5. The molecular weight excluding hydrogens is 506 g/mol. The van der Waals surface area contributed by atoms with Crippen LogP contribution in [0.3, 0.4) is 0 Å². The topological polar surface area (TPSA) is 88.2 Å². The van der Waals surface area contributed by atoms with Crippen LogP contribution in [-0.4, -0.2) is 60.1 Å². The molecule has 2 aliphatic heterocycles. The molecule has 0 aromatic heterocycles. The summed E-state index contributed by atoms with van der Waals surface area (Å²) in [6, 6.07) is 20.6. The number of cyclic esters (lactones) is 1. The van der Waals surface area contributed by atoms with Crippen molar-refractivity contribution >= 4 is 35.2 Å². The maximum atomic E-state index is 13.8. The predicted octanol–water partition coefficient (Wildman–Crippen LogP) is 4.82. The van der Waals surface area contributed by atoms with Gasteiger partial charge in [-0.05, 0) is 54.4 Å². The Balaban J connectivity index is 1.43. The van der Waals surface area contributed by atoms with E-state index in [4.69, 9.17) is 21.1 Å². The van der Waals surface area contributed by atoms with Crippen molar-refractivity contribution in [3.8, 4) is 0 Å². The second-order valence-electron chi connectivity index (χ2n) is 9.39. The molecule has 3 aromatic rings. The van der Waals surface area contributed by atoms with Gasteiger partial charge in [0, 0.05) is 29.4 Å². The van der Waals surface area contributed by atoms with Gasteiger partial charge in [0.2, 0.25) is 5.91 Å². The number of benzene rings is 3. The van der Waals surface area contributed by atoms with Crippen LogP contribution in [0.5, 0.6) is 0 Å². The highest BCUT2D eigenvalue weighted by Crippen LogP contribution is 2.36. The normalized spacial score (nSPS) is 19.3. The van der Waals surface area contributed by atoms with Crippen molar-refractivity contribution in [1.29, 1.82) is 0 Å². The monoisotopic (exact) mass is 533 g/mol. The number of aryl methyl sites for hydroxylation is 1. The molecule has 0 saturated carbocycles. The Hall–Kier alpha value is -3.88. The molecule has 2 aliphatic rings. The fourth-order valence-electron chi connectivity index (χ4n) is 4.70. The Kier molecular flexibility index (Phi) is 7.62. The first-order valence-corrected chi connectivity index (χ1v) is 12.8. The SMILES string of the molecule is Cc1ccc(C(=O)Nc2cccc(C3OC(=O)N(Cc4cccc(Cl)c4)C3C(=O)N3CCOCC3)c2)cc1. The van der Waals surface area contributed by atoms with E-state index in [1.807, 2.05) is 25.1 Å². The number of hydrogen-bond acceptors (Lipinski definition) is 5. The first-order chi connectivity index (χ1) is 18.4. The number of anilines is 1. The molecule has 2 fully saturated rings. The summed E-state index contributed by atoms with van der Waals surface area (Å²) in [5.74, 6) is -0.464. The van der Waals surface area contributed by atoms with Crippen molar-refractivity contribution in [2.24, 2.45) is 0 Å². The minimum Gasteiger partial charge on any atom is -0.438 e. The Morgan fingerprint density at radius 3 is 2.47 bits per heavy atom.